The van der Waals surface area contributed by atoms with Crippen LogP contribution in [-0.2, 0) is 4.79 Å². The molecule has 0 saturated carbocycles. The second kappa shape index (κ2) is 8.73. The van der Waals surface area contributed by atoms with Crippen LogP contribution in [0.3, 0.4) is 0 Å². The van der Waals surface area contributed by atoms with Gasteiger partial charge in [0.2, 0.25) is 5.91 Å². The molecule has 7 heteroatoms. The van der Waals surface area contributed by atoms with E-state index in [9.17, 15) is 9.18 Å². The average molecular weight is 385 g/mol. The summed E-state index contributed by atoms with van der Waals surface area (Å²) in [6.45, 7) is 1.84. The SMILES string of the molecule is COc1ccc(SCCC(=O)Nc2cc(C)nn2-c2ccc(F)cc2)cc1. The van der Waals surface area contributed by atoms with E-state index in [0.29, 0.717) is 23.7 Å². The van der Waals surface area contributed by atoms with Crippen LogP contribution >= 0.6 is 11.8 Å². The second-order valence-electron chi connectivity index (χ2n) is 5.88. The highest BCUT2D eigenvalue weighted by Gasteiger charge is 2.11. The van der Waals surface area contributed by atoms with E-state index in [1.807, 2.05) is 31.2 Å². The van der Waals surface area contributed by atoms with Crippen LogP contribution in [0.1, 0.15) is 12.1 Å². The summed E-state index contributed by atoms with van der Waals surface area (Å²) >= 11 is 1.61. The molecule has 2 aromatic carbocycles. The zero-order valence-corrected chi connectivity index (χ0v) is 15.9. The number of ether oxygens (including phenoxy) is 1. The third kappa shape index (κ3) is 5.10. The number of halogens is 1. The Labute approximate surface area is 161 Å². The Bertz CT molecular complexity index is 908. The highest BCUT2D eigenvalue weighted by Crippen LogP contribution is 2.22. The number of methoxy groups -OCH3 is 1. The monoisotopic (exact) mass is 385 g/mol. The van der Waals surface area contributed by atoms with E-state index in [1.165, 1.54) is 12.1 Å². The summed E-state index contributed by atoms with van der Waals surface area (Å²) in [5.41, 5.74) is 1.45. The summed E-state index contributed by atoms with van der Waals surface area (Å²) in [6.07, 6.45) is 0.365. The van der Waals surface area contributed by atoms with E-state index < -0.39 is 0 Å². The number of benzene rings is 2. The molecule has 0 aliphatic heterocycles. The fraction of sp³-hybridized carbons (Fsp3) is 0.200. The lowest BCUT2D eigenvalue weighted by Gasteiger charge is -2.09. The Hall–Kier alpha value is -2.80. The van der Waals surface area contributed by atoms with Crippen LogP contribution in [0.15, 0.2) is 59.5 Å². The van der Waals surface area contributed by atoms with Crippen molar-refractivity contribution in [3.05, 3.63) is 66.1 Å². The van der Waals surface area contributed by atoms with Crippen LogP contribution in [0.5, 0.6) is 5.75 Å². The molecule has 140 valence electrons. The number of amides is 1. The smallest absolute Gasteiger partial charge is 0.226 e. The van der Waals surface area contributed by atoms with E-state index in [1.54, 1.807) is 41.8 Å². The number of carbonyl (C=O) groups excluding carboxylic acids is 1. The molecule has 0 spiro atoms. The quantitative estimate of drug-likeness (QED) is 0.611. The molecular formula is C20H20FN3O2S. The summed E-state index contributed by atoms with van der Waals surface area (Å²) in [5.74, 6) is 1.62. The molecule has 1 N–H and O–H groups in total. The van der Waals surface area contributed by atoms with E-state index in [2.05, 4.69) is 10.4 Å². The zero-order chi connectivity index (χ0) is 19.2. The number of hydrogen-bond donors (Lipinski definition) is 1. The Balaban J connectivity index is 1.58. The molecule has 0 fully saturated rings. The average Bonchev–Trinajstić information content (AvgIpc) is 3.03. The maximum Gasteiger partial charge on any atom is 0.226 e. The van der Waals surface area contributed by atoms with Gasteiger partial charge >= 0.3 is 0 Å². The first-order valence-corrected chi connectivity index (χ1v) is 9.43. The lowest BCUT2D eigenvalue weighted by atomic mass is 10.3. The van der Waals surface area contributed by atoms with Gasteiger partial charge in [-0.3, -0.25) is 4.79 Å². The first-order chi connectivity index (χ1) is 13.0. The molecule has 1 amide bonds. The van der Waals surface area contributed by atoms with Crippen LogP contribution in [0.2, 0.25) is 0 Å². The number of hydrogen-bond acceptors (Lipinski definition) is 4. The van der Waals surface area contributed by atoms with Crippen molar-refractivity contribution in [2.75, 3.05) is 18.2 Å². The molecule has 3 aromatic rings. The molecule has 0 unspecified atom stereocenters. The van der Waals surface area contributed by atoms with Gasteiger partial charge in [-0.25, -0.2) is 9.07 Å². The van der Waals surface area contributed by atoms with E-state index >= 15 is 0 Å². The number of aromatic nitrogens is 2. The molecule has 3 rings (SSSR count). The first-order valence-electron chi connectivity index (χ1n) is 8.44. The van der Waals surface area contributed by atoms with Crippen LogP contribution < -0.4 is 10.1 Å². The van der Waals surface area contributed by atoms with Gasteiger partial charge in [0.25, 0.3) is 0 Å². The van der Waals surface area contributed by atoms with Crippen molar-refractivity contribution in [1.82, 2.24) is 9.78 Å². The minimum absolute atomic E-state index is 0.0979. The highest BCUT2D eigenvalue weighted by molar-refractivity contribution is 7.99. The molecule has 27 heavy (non-hydrogen) atoms. The van der Waals surface area contributed by atoms with Crippen molar-refractivity contribution in [3.63, 3.8) is 0 Å². The minimum Gasteiger partial charge on any atom is -0.497 e. The lowest BCUT2D eigenvalue weighted by Crippen LogP contribution is -2.15. The fourth-order valence-electron chi connectivity index (χ4n) is 2.51. The van der Waals surface area contributed by atoms with Crippen LogP contribution in [0.4, 0.5) is 10.2 Å². The third-order valence-electron chi connectivity index (χ3n) is 3.83. The number of rotatable bonds is 7. The Morgan fingerprint density at radius 3 is 2.56 bits per heavy atom. The van der Waals surface area contributed by atoms with E-state index in [4.69, 9.17) is 4.74 Å². The van der Waals surface area contributed by atoms with Gasteiger partial charge in [-0.15, -0.1) is 11.8 Å². The Morgan fingerprint density at radius 2 is 1.89 bits per heavy atom. The highest BCUT2D eigenvalue weighted by atomic mass is 32.2. The van der Waals surface area contributed by atoms with Gasteiger partial charge in [-0.2, -0.15) is 5.10 Å². The predicted octanol–water partition coefficient (Wildman–Crippen LogP) is 4.45. The Kier molecular flexibility index (Phi) is 6.13. The number of nitrogens with zero attached hydrogens (tertiary/aromatic N) is 2. The number of thioether (sulfide) groups is 1. The van der Waals surface area contributed by atoms with Gasteiger partial charge in [0, 0.05) is 23.1 Å². The van der Waals surface area contributed by atoms with Crippen molar-refractivity contribution >= 4 is 23.5 Å². The van der Waals surface area contributed by atoms with Gasteiger partial charge in [-0.1, -0.05) is 0 Å². The Morgan fingerprint density at radius 1 is 1.19 bits per heavy atom. The largest absolute Gasteiger partial charge is 0.497 e. The van der Waals surface area contributed by atoms with Crippen molar-refractivity contribution < 1.29 is 13.9 Å². The normalized spacial score (nSPS) is 10.6. The van der Waals surface area contributed by atoms with E-state index in [-0.39, 0.29) is 11.7 Å². The van der Waals surface area contributed by atoms with Crippen molar-refractivity contribution in [1.29, 1.82) is 0 Å². The molecule has 0 aliphatic rings. The zero-order valence-electron chi connectivity index (χ0n) is 15.1. The van der Waals surface area contributed by atoms with Gasteiger partial charge < -0.3 is 10.1 Å². The van der Waals surface area contributed by atoms with Gasteiger partial charge in [0.15, 0.2) is 0 Å². The van der Waals surface area contributed by atoms with Crippen molar-refractivity contribution in [2.45, 2.75) is 18.2 Å². The molecule has 0 atom stereocenters. The first kappa shape index (κ1) is 19.0. The third-order valence-corrected chi connectivity index (χ3v) is 4.84. The molecule has 0 saturated heterocycles. The predicted molar refractivity (Wildman–Crippen MR) is 105 cm³/mol. The van der Waals surface area contributed by atoms with Gasteiger partial charge in [-0.05, 0) is 55.5 Å². The molecule has 1 heterocycles. The summed E-state index contributed by atoms with van der Waals surface area (Å²) < 4.78 is 19.9. The molecule has 1 aromatic heterocycles. The summed E-state index contributed by atoms with van der Waals surface area (Å²) in [4.78, 5) is 13.4. The van der Waals surface area contributed by atoms with Crippen molar-refractivity contribution in [2.24, 2.45) is 0 Å². The van der Waals surface area contributed by atoms with Crippen LogP contribution in [0, 0.1) is 12.7 Å². The van der Waals surface area contributed by atoms with Gasteiger partial charge in [0.1, 0.15) is 17.4 Å². The standard InChI is InChI=1S/C20H20FN3O2S/c1-14-13-19(24(23-14)16-5-3-15(21)4-6-16)22-20(25)11-12-27-18-9-7-17(26-2)8-10-18/h3-10,13H,11-12H2,1-2H3,(H,22,25). The topological polar surface area (TPSA) is 56.1 Å². The number of aryl methyl sites for hydroxylation is 1. The second-order valence-corrected chi connectivity index (χ2v) is 7.05. The number of carbonyl (C=O) groups is 1. The summed E-state index contributed by atoms with van der Waals surface area (Å²) in [5, 5.41) is 7.25. The molecule has 5 nitrogen and oxygen atoms in total. The van der Waals surface area contributed by atoms with Crippen molar-refractivity contribution in [3.8, 4) is 11.4 Å². The maximum absolute atomic E-state index is 13.1. The molecular weight excluding hydrogens is 365 g/mol. The maximum atomic E-state index is 13.1. The summed E-state index contributed by atoms with van der Waals surface area (Å²) in [7, 11) is 1.63. The number of anilines is 1. The minimum atomic E-state index is -0.316. The van der Waals surface area contributed by atoms with Gasteiger partial charge in [0.05, 0.1) is 18.5 Å². The molecule has 0 bridgehead atoms. The lowest BCUT2D eigenvalue weighted by molar-refractivity contribution is -0.115. The van der Waals surface area contributed by atoms with Crippen LogP contribution in [-0.4, -0.2) is 28.6 Å². The van der Waals surface area contributed by atoms with E-state index in [0.717, 1.165) is 16.3 Å². The fourth-order valence-corrected chi connectivity index (χ4v) is 3.36. The summed E-state index contributed by atoms with van der Waals surface area (Å²) in [6, 6.07) is 15.5. The molecule has 0 aliphatic carbocycles. The number of nitrogens with one attached hydrogen (secondary N) is 1. The van der Waals surface area contributed by atoms with Crippen LogP contribution in [0.25, 0.3) is 5.69 Å². The molecule has 0 radical (unpaired) electrons.